The summed E-state index contributed by atoms with van der Waals surface area (Å²) in [6, 6.07) is 17.4. The SMILES string of the molecule is O=[N+]([O-])c1ccccc1Sc1ccc2c3c(cccc13)CN(CCCO)C2. The molecule has 0 saturated heterocycles. The third-order valence-corrected chi connectivity index (χ3v) is 6.02. The number of nitrogens with zero attached hydrogens (tertiary/aromatic N) is 2. The molecule has 0 bridgehead atoms. The molecule has 1 heterocycles. The van der Waals surface area contributed by atoms with Crippen LogP contribution >= 0.6 is 11.8 Å². The minimum atomic E-state index is -0.327. The monoisotopic (exact) mass is 380 g/mol. The molecule has 4 rings (SSSR count). The molecule has 0 atom stereocenters. The fraction of sp³-hybridized carbons (Fsp3) is 0.238. The smallest absolute Gasteiger partial charge is 0.283 e. The minimum Gasteiger partial charge on any atom is -0.396 e. The second-order valence-corrected chi connectivity index (χ2v) is 7.76. The molecule has 0 fully saturated rings. The van der Waals surface area contributed by atoms with Crippen LogP contribution in [-0.2, 0) is 13.1 Å². The van der Waals surface area contributed by atoms with E-state index in [1.54, 1.807) is 18.2 Å². The van der Waals surface area contributed by atoms with Crippen LogP contribution in [0.2, 0.25) is 0 Å². The number of para-hydroxylation sites is 1. The predicted octanol–water partition coefficient (Wildman–Crippen LogP) is 4.60. The molecular formula is C21H20N2O3S. The standard InChI is InChI=1S/C21H20N2O3S/c24-12-4-11-22-13-15-5-3-6-17-19(10-9-16(14-22)21(15)17)27-20-8-2-1-7-18(20)23(25)26/h1-3,5-10,24H,4,11-14H2. The number of nitro groups is 1. The Balaban J connectivity index is 1.73. The molecule has 0 spiro atoms. The van der Waals surface area contributed by atoms with Gasteiger partial charge in [0.1, 0.15) is 0 Å². The van der Waals surface area contributed by atoms with Gasteiger partial charge >= 0.3 is 0 Å². The molecule has 0 aliphatic carbocycles. The first-order valence-corrected chi connectivity index (χ1v) is 9.77. The van der Waals surface area contributed by atoms with E-state index in [1.165, 1.54) is 28.3 Å². The highest BCUT2D eigenvalue weighted by Gasteiger charge is 2.21. The third-order valence-electron chi connectivity index (χ3n) is 4.88. The summed E-state index contributed by atoms with van der Waals surface area (Å²) in [6.07, 6.45) is 0.775. The van der Waals surface area contributed by atoms with Crippen molar-refractivity contribution in [1.82, 2.24) is 4.90 Å². The molecule has 0 radical (unpaired) electrons. The highest BCUT2D eigenvalue weighted by molar-refractivity contribution is 7.99. The van der Waals surface area contributed by atoms with Gasteiger partial charge < -0.3 is 5.11 Å². The number of benzene rings is 3. The third kappa shape index (κ3) is 3.56. The number of hydrogen-bond acceptors (Lipinski definition) is 5. The Morgan fingerprint density at radius 2 is 1.78 bits per heavy atom. The molecule has 6 heteroatoms. The van der Waals surface area contributed by atoms with Gasteiger partial charge in [-0.3, -0.25) is 15.0 Å². The Hall–Kier alpha value is -2.41. The lowest BCUT2D eigenvalue weighted by Gasteiger charge is -2.29. The van der Waals surface area contributed by atoms with Crippen LogP contribution in [0, 0.1) is 10.1 Å². The van der Waals surface area contributed by atoms with Crippen molar-refractivity contribution in [2.75, 3.05) is 13.2 Å². The second-order valence-electron chi connectivity index (χ2n) is 6.68. The molecule has 1 N–H and O–H groups in total. The normalized spacial score (nSPS) is 13.8. The van der Waals surface area contributed by atoms with Crippen LogP contribution in [0.3, 0.4) is 0 Å². The van der Waals surface area contributed by atoms with Crippen molar-refractivity contribution >= 4 is 28.2 Å². The van der Waals surface area contributed by atoms with Gasteiger partial charge in [-0.25, -0.2) is 0 Å². The highest BCUT2D eigenvalue weighted by atomic mass is 32.2. The van der Waals surface area contributed by atoms with Crippen LogP contribution in [0.1, 0.15) is 17.5 Å². The summed E-state index contributed by atoms with van der Waals surface area (Å²) in [6.45, 7) is 2.81. The van der Waals surface area contributed by atoms with Crippen LogP contribution < -0.4 is 0 Å². The molecule has 5 nitrogen and oxygen atoms in total. The van der Waals surface area contributed by atoms with Gasteiger partial charge in [0.15, 0.2) is 0 Å². The number of aliphatic hydroxyl groups is 1. The van der Waals surface area contributed by atoms with E-state index >= 15 is 0 Å². The van der Waals surface area contributed by atoms with E-state index in [1.807, 2.05) is 6.07 Å². The van der Waals surface area contributed by atoms with E-state index in [9.17, 15) is 10.1 Å². The first-order valence-electron chi connectivity index (χ1n) is 8.95. The first-order chi connectivity index (χ1) is 13.2. The van der Waals surface area contributed by atoms with Crippen molar-refractivity contribution in [3.05, 3.63) is 75.8 Å². The van der Waals surface area contributed by atoms with Crippen molar-refractivity contribution in [3.63, 3.8) is 0 Å². The average Bonchev–Trinajstić information content (AvgIpc) is 2.68. The fourth-order valence-electron chi connectivity index (χ4n) is 3.69. The molecule has 0 saturated carbocycles. The summed E-state index contributed by atoms with van der Waals surface area (Å²) in [5.41, 5.74) is 2.69. The summed E-state index contributed by atoms with van der Waals surface area (Å²) in [7, 11) is 0. The van der Waals surface area contributed by atoms with E-state index in [0.29, 0.717) is 4.90 Å². The Labute approximate surface area is 161 Å². The lowest BCUT2D eigenvalue weighted by molar-refractivity contribution is -0.387. The zero-order chi connectivity index (χ0) is 18.8. The van der Waals surface area contributed by atoms with E-state index in [-0.39, 0.29) is 17.2 Å². The molecule has 3 aromatic rings. The second kappa shape index (κ2) is 7.68. The highest BCUT2D eigenvalue weighted by Crippen LogP contribution is 2.41. The van der Waals surface area contributed by atoms with Gasteiger partial charge in [-0.2, -0.15) is 0 Å². The zero-order valence-electron chi connectivity index (χ0n) is 14.8. The molecule has 0 unspecified atom stereocenters. The summed E-state index contributed by atoms with van der Waals surface area (Å²) in [5, 5.41) is 22.8. The summed E-state index contributed by atoms with van der Waals surface area (Å²) < 4.78 is 0. The van der Waals surface area contributed by atoms with Gasteiger partial charge in [0.2, 0.25) is 0 Å². The quantitative estimate of drug-likeness (QED) is 0.500. The van der Waals surface area contributed by atoms with E-state index < -0.39 is 0 Å². The predicted molar refractivity (Wildman–Crippen MR) is 107 cm³/mol. The average molecular weight is 380 g/mol. The molecule has 0 amide bonds. The van der Waals surface area contributed by atoms with Crippen LogP contribution in [-0.4, -0.2) is 28.1 Å². The molecule has 3 aromatic carbocycles. The van der Waals surface area contributed by atoms with Gasteiger partial charge in [-0.15, -0.1) is 0 Å². The molecular weight excluding hydrogens is 360 g/mol. The van der Waals surface area contributed by atoms with Crippen LogP contribution in [0.4, 0.5) is 5.69 Å². The topological polar surface area (TPSA) is 66.6 Å². The van der Waals surface area contributed by atoms with Crippen LogP contribution in [0.25, 0.3) is 10.8 Å². The number of nitro benzene ring substituents is 1. The molecule has 138 valence electrons. The fourth-order valence-corrected chi connectivity index (χ4v) is 4.74. The van der Waals surface area contributed by atoms with Crippen LogP contribution in [0.15, 0.2) is 64.4 Å². The Morgan fingerprint density at radius 3 is 2.56 bits per heavy atom. The molecule has 0 aromatic heterocycles. The van der Waals surface area contributed by atoms with Crippen molar-refractivity contribution in [2.24, 2.45) is 0 Å². The van der Waals surface area contributed by atoms with Crippen molar-refractivity contribution in [1.29, 1.82) is 0 Å². The van der Waals surface area contributed by atoms with Crippen molar-refractivity contribution in [3.8, 4) is 0 Å². The van der Waals surface area contributed by atoms with Gasteiger partial charge in [0.25, 0.3) is 5.69 Å². The molecule has 1 aliphatic heterocycles. The largest absolute Gasteiger partial charge is 0.396 e. The van der Waals surface area contributed by atoms with E-state index in [4.69, 9.17) is 5.11 Å². The number of hydrogen-bond donors (Lipinski definition) is 1. The van der Waals surface area contributed by atoms with E-state index in [2.05, 4.69) is 35.2 Å². The Kier molecular flexibility index (Phi) is 5.11. The number of aliphatic hydroxyl groups excluding tert-OH is 1. The minimum absolute atomic E-state index is 0.137. The van der Waals surface area contributed by atoms with Gasteiger partial charge in [-0.05, 0) is 40.5 Å². The lowest BCUT2D eigenvalue weighted by atomic mass is 9.95. The Bertz CT molecular complexity index is 994. The maximum Gasteiger partial charge on any atom is 0.283 e. The van der Waals surface area contributed by atoms with Gasteiger partial charge in [0, 0.05) is 37.2 Å². The number of rotatable bonds is 6. The summed E-state index contributed by atoms with van der Waals surface area (Å²) in [4.78, 5) is 15.0. The maximum atomic E-state index is 11.3. The molecule has 27 heavy (non-hydrogen) atoms. The summed E-state index contributed by atoms with van der Waals surface area (Å²) >= 11 is 1.45. The lowest BCUT2D eigenvalue weighted by Crippen LogP contribution is -2.28. The van der Waals surface area contributed by atoms with Crippen molar-refractivity contribution < 1.29 is 10.0 Å². The Morgan fingerprint density at radius 1 is 1.00 bits per heavy atom. The zero-order valence-corrected chi connectivity index (χ0v) is 15.6. The summed E-state index contributed by atoms with van der Waals surface area (Å²) in [5.74, 6) is 0. The van der Waals surface area contributed by atoms with Gasteiger partial charge in [-0.1, -0.05) is 48.2 Å². The van der Waals surface area contributed by atoms with E-state index in [0.717, 1.165) is 36.3 Å². The van der Waals surface area contributed by atoms with Crippen LogP contribution in [0.5, 0.6) is 0 Å². The van der Waals surface area contributed by atoms with Gasteiger partial charge in [0.05, 0.1) is 9.82 Å². The molecule has 1 aliphatic rings. The van der Waals surface area contributed by atoms with Crippen molar-refractivity contribution in [2.45, 2.75) is 29.3 Å². The first kappa shape index (κ1) is 18.0. The maximum absolute atomic E-state index is 11.3.